The largest absolute Gasteiger partial charge is 0.392 e. The van der Waals surface area contributed by atoms with Gasteiger partial charge in [-0.2, -0.15) is 0 Å². The molecule has 0 amide bonds. The molecular formula is C13H16N2O. The van der Waals surface area contributed by atoms with Crippen LogP contribution in [0.1, 0.15) is 16.8 Å². The van der Waals surface area contributed by atoms with Crippen molar-refractivity contribution in [3.05, 3.63) is 47.3 Å². The molecule has 1 aromatic heterocycles. The van der Waals surface area contributed by atoms with Crippen molar-refractivity contribution in [1.82, 2.24) is 4.98 Å². The lowest BCUT2D eigenvalue weighted by Crippen LogP contribution is -1.95. The molecule has 0 radical (unpaired) electrons. The van der Waals surface area contributed by atoms with E-state index in [1.54, 1.807) is 0 Å². The number of H-pyrrole nitrogens is 1. The minimum Gasteiger partial charge on any atom is -0.392 e. The van der Waals surface area contributed by atoms with Gasteiger partial charge in [-0.25, -0.2) is 0 Å². The topological polar surface area (TPSA) is 48.0 Å². The number of anilines is 2. The fourth-order valence-corrected chi connectivity index (χ4v) is 1.64. The molecule has 0 saturated heterocycles. The average Bonchev–Trinajstić information content (AvgIpc) is 2.68. The first-order valence-corrected chi connectivity index (χ1v) is 5.32. The number of hydrogen-bond acceptors (Lipinski definition) is 2. The number of aryl methyl sites for hydroxylation is 2. The Morgan fingerprint density at radius 2 is 2.00 bits per heavy atom. The molecule has 2 rings (SSSR count). The Kier molecular flexibility index (Phi) is 2.97. The van der Waals surface area contributed by atoms with E-state index in [0.29, 0.717) is 0 Å². The van der Waals surface area contributed by atoms with E-state index in [1.807, 2.05) is 44.3 Å². The maximum atomic E-state index is 9.10. The van der Waals surface area contributed by atoms with Crippen molar-refractivity contribution < 1.29 is 5.11 Å². The normalized spacial score (nSPS) is 10.4. The lowest BCUT2D eigenvalue weighted by atomic mass is 10.1. The smallest absolute Gasteiger partial charge is 0.0682 e. The van der Waals surface area contributed by atoms with E-state index >= 15 is 0 Å². The molecule has 0 aliphatic carbocycles. The number of rotatable bonds is 3. The minimum atomic E-state index is 0.0705. The second-order valence-corrected chi connectivity index (χ2v) is 3.95. The summed E-state index contributed by atoms with van der Waals surface area (Å²) >= 11 is 0. The zero-order valence-electron chi connectivity index (χ0n) is 9.54. The van der Waals surface area contributed by atoms with Gasteiger partial charge in [0, 0.05) is 17.6 Å². The lowest BCUT2D eigenvalue weighted by Gasteiger charge is -2.10. The van der Waals surface area contributed by atoms with Crippen LogP contribution in [0.3, 0.4) is 0 Å². The molecule has 1 aromatic carbocycles. The number of aliphatic hydroxyl groups excluding tert-OH is 1. The second kappa shape index (κ2) is 4.41. The zero-order chi connectivity index (χ0) is 11.5. The highest BCUT2D eigenvalue weighted by Crippen LogP contribution is 2.23. The summed E-state index contributed by atoms with van der Waals surface area (Å²) < 4.78 is 0. The van der Waals surface area contributed by atoms with Gasteiger partial charge in [0.1, 0.15) is 0 Å². The SMILES string of the molecule is Cc1ccc(CO)cc1Nc1cc[nH]c1C. The van der Waals surface area contributed by atoms with Crippen LogP contribution in [0.5, 0.6) is 0 Å². The molecule has 0 fully saturated rings. The van der Waals surface area contributed by atoms with Crippen LogP contribution in [0, 0.1) is 13.8 Å². The van der Waals surface area contributed by atoms with Crippen LogP contribution in [0.25, 0.3) is 0 Å². The van der Waals surface area contributed by atoms with Gasteiger partial charge < -0.3 is 15.4 Å². The third-order valence-electron chi connectivity index (χ3n) is 2.71. The van der Waals surface area contributed by atoms with Crippen molar-refractivity contribution in [1.29, 1.82) is 0 Å². The van der Waals surface area contributed by atoms with Gasteiger partial charge in [-0.05, 0) is 37.1 Å². The number of aromatic nitrogens is 1. The molecule has 1 heterocycles. The summed E-state index contributed by atoms with van der Waals surface area (Å²) in [6.45, 7) is 4.14. The quantitative estimate of drug-likeness (QED) is 0.738. The molecule has 0 aliphatic heterocycles. The van der Waals surface area contributed by atoms with Gasteiger partial charge in [0.25, 0.3) is 0 Å². The highest BCUT2D eigenvalue weighted by Gasteiger charge is 2.03. The van der Waals surface area contributed by atoms with Crippen molar-refractivity contribution in [2.75, 3.05) is 5.32 Å². The molecule has 3 heteroatoms. The first-order chi connectivity index (χ1) is 7.70. The van der Waals surface area contributed by atoms with Crippen molar-refractivity contribution in [2.24, 2.45) is 0 Å². The van der Waals surface area contributed by atoms with Gasteiger partial charge in [-0.3, -0.25) is 0 Å². The van der Waals surface area contributed by atoms with E-state index in [9.17, 15) is 0 Å². The van der Waals surface area contributed by atoms with Crippen LogP contribution < -0.4 is 5.32 Å². The molecule has 3 nitrogen and oxygen atoms in total. The number of aliphatic hydroxyl groups is 1. The van der Waals surface area contributed by atoms with Crippen molar-refractivity contribution in [3.63, 3.8) is 0 Å². The Labute approximate surface area is 95.1 Å². The molecule has 16 heavy (non-hydrogen) atoms. The Morgan fingerprint density at radius 1 is 1.19 bits per heavy atom. The summed E-state index contributed by atoms with van der Waals surface area (Å²) in [5.41, 5.74) is 5.29. The van der Waals surface area contributed by atoms with Gasteiger partial charge in [0.2, 0.25) is 0 Å². The summed E-state index contributed by atoms with van der Waals surface area (Å²) in [5.74, 6) is 0. The molecule has 84 valence electrons. The van der Waals surface area contributed by atoms with E-state index in [4.69, 9.17) is 5.11 Å². The number of benzene rings is 1. The molecule has 2 aromatic rings. The van der Waals surface area contributed by atoms with Crippen molar-refractivity contribution in [2.45, 2.75) is 20.5 Å². The third-order valence-corrected chi connectivity index (χ3v) is 2.71. The minimum absolute atomic E-state index is 0.0705. The van der Waals surface area contributed by atoms with E-state index in [0.717, 1.165) is 28.2 Å². The first kappa shape index (κ1) is 10.8. The van der Waals surface area contributed by atoms with Crippen molar-refractivity contribution >= 4 is 11.4 Å². The van der Waals surface area contributed by atoms with E-state index in [2.05, 4.69) is 10.3 Å². The Morgan fingerprint density at radius 3 is 2.62 bits per heavy atom. The summed E-state index contributed by atoms with van der Waals surface area (Å²) in [5, 5.41) is 12.5. The molecule has 0 aliphatic rings. The second-order valence-electron chi connectivity index (χ2n) is 3.95. The summed E-state index contributed by atoms with van der Waals surface area (Å²) in [6.07, 6.45) is 1.91. The van der Waals surface area contributed by atoms with Crippen LogP contribution in [0.15, 0.2) is 30.5 Å². The average molecular weight is 216 g/mol. The first-order valence-electron chi connectivity index (χ1n) is 5.32. The molecular weight excluding hydrogens is 200 g/mol. The highest BCUT2D eigenvalue weighted by molar-refractivity contribution is 5.65. The number of nitrogens with one attached hydrogen (secondary N) is 2. The highest BCUT2D eigenvalue weighted by atomic mass is 16.3. The zero-order valence-corrected chi connectivity index (χ0v) is 9.54. The summed E-state index contributed by atoms with van der Waals surface area (Å²) in [4.78, 5) is 3.13. The van der Waals surface area contributed by atoms with E-state index < -0.39 is 0 Å². The van der Waals surface area contributed by atoms with Gasteiger partial charge in [-0.1, -0.05) is 12.1 Å². The van der Waals surface area contributed by atoms with Crippen LogP contribution in [0.2, 0.25) is 0 Å². The molecule has 0 unspecified atom stereocenters. The van der Waals surface area contributed by atoms with E-state index in [1.165, 1.54) is 0 Å². The van der Waals surface area contributed by atoms with Crippen LogP contribution in [-0.4, -0.2) is 10.1 Å². The Bertz CT molecular complexity index is 488. The third kappa shape index (κ3) is 2.09. The predicted octanol–water partition coefficient (Wildman–Crippen LogP) is 2.87. The number of aromatic amines is 1. The van der Waals surface area contributed by atoms with Crippen LogP contribution in [0.4, 0.5) is 11.4 Å². The maximum Gasteiger partial charge on any atom is 0.0682 e. The molecule has 0 bridgehead atoms. The summed E-state index contributed by atoms with van der Waals surface area (Å²) in [7, 11) is 0. The molecule has 0 spiro atoms. The fourth-order valence-electron chi connectivity index (χ4n) is 1.64. The predicted molar refractivity (Wildman–Crippen MR) is 65.9 cm³/mol. The maximum absolute atomic E-state index is 9.10. The molecule has 3 N–H and O–H groups in total. The molecule has 0 saturated carbocycles. The Hall–Kier alpha value is -1.74. The monoisotopic (exact) mass is 216 g/mol. The fraction of sp³-hybridized carbons (Fsp3) is 0.231. The van der Waals surface area contributed by atoms with E-state index in [-0.39, 0.29) is 6.61 Å². The number of hydrogen-bond donors (Lipinski definition) is 3. The lowest BCUT2D eigenvalue weighted by molar-refractivity contribution is 0.282. The van der Waals surface area contributed by atoms with Crippen LogP contribution >= 0.6 is 0 Å². The van der Waals surface area contributed by atoms with Gasteiger partial charge in [0.05, 0.1) is 12.3 Å². The van der Waals surface area contributed by atoms with Gasteiger partial charge >= 0.3 is 0 Å². The summed E-state index contributed by atoms with van der Waals surface area (Å²) in [6, 6.07) is 7.92. The van der Waals surface area contributed by atoms with Crippen molar-refractivity contribution in [3.8, 4) is 0 Å². The van der Waals surface area contributed by atoms with Crippen LogP contribution in [-0.2, 0) is 6.61 Å². The molecule has 0 atom stereocenters. The standard InChI is InChI=1S/C13H16N2O/c1-9-3-4-11(8-16)7-13(9)15-12-5-6-14-10(12)2/h3-7,14-16H,8H2,1-2H3. The Balaban J connectivity index is 2.30. The van der Waals surface area contributed by atoms with Gasteiger partial charge in [0.15, 0.2) is 0 Å². The van der Waals surface area contributed by atoms with Gasteiger partial charge in [-0.15, -0.1) is 0 Å².